The maximum Gasteiger partial charge on any atom is 0.333 e. The first-order chi connectivity index (χ1) is 11.5. The van der Waals surface area contributed by atoms with E-state index >= 15 is 0 Å². The van der Waals surface area contributed by atoms with E-state index in [9.17, 15) is 4.79 Å². The predicted octanol–water partition coefficient (Wildman–Crippen LogP) is 3.24. The van der Waals surface area contributed by atoms with Crippen LogP contribution in [0.25, 0.3) is 10.6 Å². The number of nitrogens with one attached hydrogen (secondary N) is 1. The lowest BCUT2D eigenvalue weighted by atomic mass is 10.1. The summed E-state index contributed by atoms with van der Waals surface area (Å²) in [6.45, 7) is 4.10. The number of carbonyl (C=O) groups excluding carboxylic acids is 1. The van der Waals surface area contributed by atoms with E-state index < -0.39 is 0 Å². The SMILES string of the molecule is Cc1nc(NC(=O)n2ccnc2)sc1-c1ccnc(C2(C)CC2)n1. The van der Waals surface area contributed by atoms with E-state index in [1.807, 2.05) is 13.0 Å². The molecule has 1 amide bonds. The number of aryl methyl sites for hydroxylation is 1. The lowest BCUT2D eigenvalue weighted by molar-refractivity contribution is 0.253. The van der Waals surface area contributed by atoms with Crippen LogP contribution < -0.4 is 5.32 Å². The fourth-order valence-corrected chi connectivity index (χ4v) is 3.34. The minimum atomic E-state index is -0.290. The molecule has 0 saturated heterocycles. The largest absolute Gasteiger partial charge is 0.333 e. The average molecular weight is 340 g/mol. The highest BCUT2D eigenvalue weighted by Gasteiger charge is 2.42. The smallest absolute Gasteiger partial charge is 0.283 e. The van der Waals surface area contributed by atoms with Gasteiger partial charge in [0.05, 0.1) is 16.3 Å². The molecule has 1 saturated carbocycles. The van der Waals surface area contributed by atoms with Crippen LogP contribution in [-0.2, 0) is 5.41 Å². The van der Waals surface area contributed by atoms with Crippen LogP contribution in [0.5, 0.6) is 0 Å². The lowest BCUT2D eigenvalue weighted by Crippen LogP contribution is -2.17. The standard InChI is InChI=1S/C16H16N6OS/c1-10-12(11-3-6-18-13(20-11)16(2)4-5-16)24-14(19-10)21-15(23)22-8-7-17-9-22/h3,6-9H,4-5H2,1-2H3,(H,19,21,23). The van der Waals surface area contributed by atoms with Gasteiger partial charge in [-0.3, -0.25) is 9.88 Å². The van der Waals surface area contributed by atoms with Crippen molar-refractivity contribution in [2.45, 2.75) is 32.1 Å². The molecule has 3 heterocycles. The van der Waals surface area contributed by atoms with Crippen molar-refractivity contribution in [3.63, 3.8) is 0 Å². The van der Waals surface area contributed by atoms with Gasteiger partial charge in [-0.2, -0.15) is 0 Å². The molecule has 122 valence electrons. The first kappa shape index (κ1) is 14.9. The molecule has 0 aliphatic heterocycles. The van der Waals surface area contributed by atoms with Crippen LogP contribution in [0.4, 0.5) is 9.93 Å². The zero-order valence-electron chi connectivity index (χ0n) is 13.4. The molecule has 0 radical (unpaired) electrons. The second-order valence-corrected chi connectivity index (χ2v) is 7.16. The Morgan fingerprint density at radius 3 is 2.88 bits per heavy atom. The fraction of sp³-hybridized carbons (Fsp3) is 0.312. The molecule has 4 rings (SSSR count). The number of imidazole rings is 1. The van der Waals surface area contributed by atoms with E-state index in [1.54, 1.807) is 18.6 Å². The third kappa shape index (κ3) is 2.69. The highest BCUT2D eigenvalue weighted by molar-refractivity contribution is 7.19. The maximum atomic E-state index is 12.1. The molecular formula is C16H16N6OS. The van der Waals surface area contributed by atoms with E-state index in [1.165, 1.54) is 22.2 Å². The van der Waals surface area contributed by atoms with Gasteiger partial charge in [-0.05, 0) is 25.8 Å². The Morgan fingerprint density at radius 2 is 2.17 bits per heavy atom. The first-order valence-corrected chi connectivity index (χ1v) is 8.47. The van der Waals surface area contributed by atoms with Gasteiger partial charge in [0.25, 0.3) is 0 Å². The van der Waals surface area contributed by atoms with Crippen LogP contribution in [0, 0.1) is 6.92 Å². The number of anilines is 1. The summed E-state index contributed by atoms with van der Waals surface area (Å²) in [5, 5.41) is 3.32. The molecule has 3 aromatic rings. The quantitative estimate of drug-likeness (QED) is 0.791. The van der Waals surface area contributed by atoms with Gasteiger partial charge in [0.2, 0.25) is 0 Å². The lowest BCUT2D eigenvalue weighted by Gasteiger charge is -2.07. The van der Waals surface area contributed by atoms with Gasteiger partial charge in [0.1, 0.15) is 12.2 Å². The molecule has 0 spiro atoms. The van der Waals surface area contributed by atoms with Gasteiger partial charge in [0.15, 0.2) is 5.13 Å². The molecule has 1 aliphatic carbocycles. The van der Waals surface area contributed by atoms with Crippen molar-refractivity contribution in [3.8, 4) is 10.6 Å². The van der Waals surface area contributed by atoms with E-state index in [4.69, 9.17) is 4.98 Å². The summed E-state index contributed by atoms with van der Waals surface area (Å²) in [5.74, 6) is 0.886. The second-order valence-electron chi connectivity index (χ2n) is 6.16. The number of hydrogen-bond donors (Lipinski definition) is 1. The van der Waals surface area contributed by atoms with Crippen molar-refractivity contribution in [1.29, 1.82) is 0 Å². The molecule has 0 unspecified atom stereocenters. The molecule has 1 fully saturated rings. The number of nitrogens with zero attached hydrogens (tertiary/aromatic N) is 5. The van der Waals surface area contributed by atoms with Crippen LogP contribution in [-0.4, -0.2) is 30.5 Å². The molecular weight excluding hydrogens is 324 g/mol. The number of thiazole rings is 1. The number of aromatic nitrogens is 5. The van der Waals surface area contributed by atoms with Crippen molar-refractivity contribution in [1.82, 2.24) is 24.5 Å². The molecule has 0 atom stereocenters. The summed E-state index contributed by atoms with van der Waals surface area (Å²) in [6, 6.07) is 1.60. The van der Waals surface area contributed by atoms with E-state index in [-0.39, 0.29) is 11.4 Å². The summed E-state index contributed by atoms with van der Waals surface area (Å²) < 4.78 is 1.37. The highest BCUT2D eigenvalue weighted by Crippen LogP contribution is 2.46. The Balaban J connectivity index is 1.61. The molecule has 24 heavy (non-hydrogen) atoms. The molecule has 3 aromatic heterocycles. The maximum absolute atomic E-state index is 12.1. The van der Waals surface area contributed by atoms with E-state index in [0.717, 1.165) is 34.9 Å². The summed E-state index contributed by atoms with van der Waals surface area (Å²) >= 11 is 1.41. The average Bonchev–Trinajstić information content (AvgIpc) is 3.00. The Kier molecular flexibility index (Phi) is 3.42. The highest BCUT2D eigenvalue weighted by atomic mass is 32.1. The number of rotatable bonds is 3. The molecule has 1 N–H and O–H groups in total. The Hall–Kier alpha value is -2.61. The van der Waals surface area contributed by atoms with Crippen LogP contribution in [0.1, 0.15) is 31.3 Å². The third-order valence-electron chi connectivity index (χ3n) is 4.18. The third-order valence-corrected chi connectivity index (χ3v) is 5.27. The minimum absolute atomic E-state index is 0.118. The van der Waals surface area contributed by atoms with Crippen molar-refractivity contribution in [2.24, 2.45) is 0 Å². The van der Waals surface area contributed by atoms with Gasteiger partial charge in [0, 0.05) is 24.0 Å². The fourth-order valence-electron chi connectivity index (χ4n) is 2.41. The summed E-state index contributed by atoms with van der Waals surface area (Å²) in [4.78, 5) is 30.4. The molecule has 0 bridgehead atoms. The van der Waals surface area contributed by atoms with Crippen molar-refractivity contribution in [2.75, 3.05) is 5.32 Å². The van der Waals surface area contributed by atoms with Gasteiger partial charge < -0.3 is 0 Å². The zero-order valence-corrected chi connectivity index (χ0v) is 14.2. The van der Waals surface area contributed by atoms with Crippen LogP contribution in [0.3, 0.4) is 0 Å². The Bertz CT molecular complexity index is 897. The van der Waals surface area contributed by atoms with Gasteiger partial charge in [-0.15, -0.1) is 0 Å². The van der Waals surface area contributed by atoms with Gasteiger partial charge in [-0.1, -0.05) is 18.3 Å². The molecule has 7 nitrogen and oxygen atoms in total. The first-order valence-electron chi connectivity index (χ1n) is 7.66. The summed E-state index contributed by atoms with van der Waals surface area (Å²) in [5.41, 5.74) is 1.81. The van der Waals surface area contributed by atoms with E-state index in [2.05, 4.69) is 27.2 Å². The van der Waals surface area contributed by atoms with Crippen LogP contribution in [0.15, 0.2) is 31.0 Å². The molecule has 1 aliphatic rings. The van der Waals surface area contributed by atoms with Crippen LogP contribution in [0.2, 0.25) is 0 Å². The molecule has 8 heteroatoms. The van der Waals surface area contributed by atoms with Crippen molar-refractivity contribution >= 4 is 22.5 Å². The Morgan fingerprint density at radius 1 is 1.33 bits per heavy atom. The predicted molar refractivity (Wildman–Crippen MR) is 91.1 cm³/mol. The monoisotopic (exact) mass is 340 g/mol. The normalized spacial score (nSPS) is 15.2. The summed E-state index contributed by atoms with van der Waals surface area (Å²) in [7, 11) is 0. The minimum Gasteiger partial charge on any atom is -0.283 e. The number of hydrogen-bond acceptors (Lipinski definition) is 6. The number of carbonyl (C=O) groups is 1. The van der Waals surface area contributed by atoms with Gasteiger partial charge in [-0.25, -0.2) is 24.7 Å². The topological polar surface area (TPSA) is 85.6 Å². The van der Waals surface area contributed by atoms with Crippen LogP contribution >= 0.6 is 11.3 Å². The Labute approximate surface area is 142 Å². The van der Waals surface area contributed by atoms with Crippen molar-refractivity contribution in [3.05, 3.63) is 42.5 Å². The number of amides is 1. The zero-order chi connectivity index (χ0) is 16.7. The van der Waals surface area contributed by atoms with Gasteiger partial charge >= 0.3 is 6.03 Å². The summed E-state index contributed by atoms with van der Waals surface area (Å²) in [6.07, 6.45) is 8.64. The molecule has 0 aromatic carbocycles. The second kappa shape index (κ2) is 5.48. The van der Waals surface area contributed by atoms with E-state index in [0.29, 0.717) is 5.13 Å². The van der Waals surface area contributed by atoms with Crippen molar-refractivity contribution < 1.29 is 4.79 Å².